The first-order chi connectivity index (χ1) is 6.00. The zero-order valence-electron chi connectivity index (χ0n) is 7.96. The van der Waals surface area contributed by atoms with Crippen molar-refractivity contribution in [2.45, 2.75) is 32.3 Å². The van der Waals surface area contributed by atoms with Gasteiger partial charge in [0, 0.05) is 12.8 Å². The fourth-order valence-electron chi connectivity index (χ4n) is 2.10. The van der Waals surface area contributed by atoms with E-state index in [4.69, 9.17) is 4.74 Å². The molecule has 1 N–H and O–H groups in total. The second-order valence-corrected chi connectivity index (χ2v) is 4.30. The van der Waals surface area contributed by atoms with Crippen LogP contribution in [-0.4, -0.2) is 23.1 Å². The van der Waals surface area contributed by atoms with E-state index in [1.807, 2.05) is 6.92 Å². The number of hydrogen-bond donors (Lipinski definition) is 1. The van der Waals surface area contributed by atoms with Crippen molar-refractivity contribution in [2.75, 3.05) is 6.61 Å². The largest absolute Gasteiger partial charge is 0.494 e. The Morgan fingerprint density at radius 3 is 2.92 bits per heavy atom. The van der Waals surface area contributed by atoms with Crippen LogP contribution in [0.1, 0.15) is 26.7 Å². The highest BCUT2D eigenvalue weighted by atomic mass is 16.5. The van der Waals surface area contributed by atoms with Gasteiger partial charge in [0.1, 0.15) is 18.0 Å². The van der Waals surface area contributed by atoms with Crippen molar-refractivity contribution in [3.05, 3.63) is 11.3 Å². The molecule has 0 aromatic rings. The number of allylic oxidation sites excluding steroid dienone is 1. The first-order valence-corrected chi connectivity index (χ1v) is 4.63. The van der Waals surface area contributed by atoms with Crippen LogP contribution < -0.4 is 0 Å². The molecule has 3 heteroatoms. The van der Waals surface area contributed by atoms with Crippen molar-refractivity contribution in [3.63, 3.8) is 0 Å². The number of carbonyl (C=O) groups is 1. The first-order valence-electron chi connectivity index (χ1n) is 4.63. The van der Waals surface area contributed by atoms with Crippen LogP contribution >= 0.6 is 0 Å². The summed E-state index contributed by atoms with van der Waals surface area (Å²) in [6.45, 7) is 3.90. The van der Waals surface area contributed by atoms with Gasteiger partial charge in [0.05, 0.1) is 5.57 Å². The molecule has 3 nitrogen and oxygen atoms in total. The molecule has 0 saturated carbocycles. The lowest BCUT2D eigenvalue weighted by atomic mass is 9.83. The van der Waals surface area contributed by atoms with Crippen LogP contribution in [0.25, 0.3) is 0 Å². The Balaban J connectivity index is 2.39. The van der Waals surface area contributed by atoms with E-state index in [0.717, 1.165) is 6.42 Å². The molecule has 0 amide bonds. The average Bonchev–Trinajstić information content (AvgIpc) is 2.26. The minimum Gasteiger partial charge on any atom is -0.494 e. The Morgan fingerprint density at radius 1 is 1.54 bits per heavy atom. The van der Waals surface area contributed by atoms with Crippen LogP contribution in [0.4, 0.5) is 0 Å². The van der Waals surface area contributed by atoms with Gasteiger partial charge in [-0.2, -0.15) is 0 Å². The number of hydrogen-bond acceptors (Lipinski definition) is 3. The summed E-state index contributed by atoms with van der Waals surface area (Å²) in [6.07, 6.45) is 1.33. The van der Waals surface area contributed by atoms with Crippen LogP contribution in [0.5, 0.6) is 0 Å². The smallest absolute Gasteiger partial charge is 0.165 e. The van der Waals surface area contributed by atoms with Crippen LogP contribution in [0.3, 0.4) is 0 Å². The minimum absolute atomic E-state index is 0.0521. The molecule has 0 aromatic heterocycles. The predicted octanol–water partition coefficient (Wildman–Crippen LogP) is 1.02. The maximum atomic E-state index is 11.6. The number of aliphatic hydroxyl groups is 1. The molecule has 2 atom stereocenters. The maximum absolute atomic E-state index is 11.6. The van der Waals surface area contributed by atoms with Crippen molar-refractivity contribution < 1.29 is 14.6 Å². The lowest BCUT2D eigenvalue weighted by Crippen LogP contribution is -2.33. The molecular weight excluding hydrogens is 168 g/mol. The third-order valence-corrected chi connectivity index (χ3v) is 2.69. The molecule has 1 aliphatic carbocycles. The summed E-state index contributed by atoms with van der Waals surface area (Å²) < 4.78 is 5.32. The Kier molecular flexibility index (Phi) is 1.74. The third kappa shape index (κ3) is 1.27. The van der Waals surface area contributed by atoms with Gasteiger partial charge in [0.25, 0.3) is 0 Å². The number of rotatable bonds is 0. The van der Waals surface area contributed by atoms with Gasteiger partial charge >= 0.3 is 0 Å². The normalized spacial score (nSPS) is 39.0. The van der Waals surface area contributed by atoms with Crippen molar-refractivity contribution >= 4 is 5.78 Å². The molecule has 2 unspecified atom stereocenters. The molecule has 0 radical (unpaired) electrons. The number of Topliss-reactive ketones (excluding diaryl/α,β-unsaturated/α-hetero) is 1. The molecule has 72 valence electrons. The van der Waals surface area contributed by atoms with Crippen LogP contribution in [0, 0.1) is 5.92 Å². The van der Waals surface area contributed by atoms with E-state index in [-0.39, 0.29) is 12.4 Å². The van der Waals surface area contributed by atoms with E-state index in [2.05, 4.69) is 0 Å². The highest BCUT2D eigenvalue weighted by Crippen LogP contribution is 2.38. The van der Waals surface area contributed by atoms with Crippen LogP contribution in [0.2, 0.25) is 0 Å². The van der Waals surface area contributed by atoms with Crippen molar-refractivity contribution in [1.82, 2.24) is 0 Å². The highest BCUT2D eigenvalue weighted by molar-refractivity contribution is 5.99. The lowest BCUT2D eigenvalue weighted by molar-refractivity contribution is -0.118. The molecule has 0 spiro atoms. The van der Waals surface area contributed by atoms with Gasteiger partial charge in [-0.15, -0.1) is 0 Å². The molecule has 2 rings (SSSR count). The van der Waals surface area contributed by atoms with Crippen molar-refractivity contribution in [1.29, 1.82) is 0 Å². The summed E-state index contributed by atoms with van der Waals surface area (Å²) in [6, 6.07) is 0. The van der Waals surface area contributed by atoms with Crippen molar-refractivity contribution in [3.8, 4) is 0 Å². The van der Waals surface area contributed by atoms with E-state index in [1.165, 1.54) is 0 Å². The molecule has 0 bridgehead atoms. The van der Waals surface area contributed by atoms with E-state index in [9.17, 15) is 9.90 Å². The van der Waals surface area contributed by atoms with E-state index < -0.39 is 5.60 Å². The Morgan fingerprint density at radius 2 is 2.23 bits per heavy atom. The topological polar surface area (TPSA) is 46.5 Å². The zero-order chi connectivity index (χ0) is 9.64. The summed E-state index contributed by atoms with van der Waals surface area (Å²) in [5, 5.41) is 9.84. The number of ether oxygens (including phenoxy) is 1. The molecule has 0 saturated heterocycles. The average molecular weight is 182 g/mol. The quantitative estimate of drug-likeness (QED) is 0.608. The minimum atomic E-state index is -1.05. The monoisotopic (exact) mass is 182 g/mol. The summed E-state index contributed by atoms with van der Waals surface area (Å²) in [5.41, 5.74) is -0.530. The van der Waals surface area contributed by atoms with Gasteiger partial charge < -0.3 is 9.84 Å². The SMILES string of the molecule is CC1CC(=O)C2=C(C1)OCC2(C)O. The second-order valence-electron chi connectivity index (χ2n) is 4.30. The summed E-state index contributed by atoms with van der Waals surface area (Å²) in [7, 11) is 0. The second kappa shape index (κ2) is 2.58. The van der Waals surface area contributed by atoms with Gasteiger partial charge in [0.2, 0.25) is 0 Å². The summed E-state index contributed by atoms with van der Waals surface area (Å²) in [5.74, 6) is 1.12. The van der Waals surface area contributed by atoms with Gasteiger partial charge in [-0.3, -0.25) is 4.79 Å². The molecule has 1 aliphatic heterocycles. The summed E-state index contributed by atoms with van der Waals surface area (Å²) >= 11 is 0. The summed E-state index contributed by atoms with van der Waals surface area (Å²) in [4.78, 5) is 11.6. The molecule has 1 heterocycles. The number of carbonyl (C=O) groups excluding carboxylic acids is 1. The molecule has 2 aliphatic rings. The van der Waals surface area contributed by atoms with E-state index >= 15 is 0 Å². The fraction of sp³-hybridized carbons (Fsp3) is 0.700. The van der Waals surface area contributed by atoms with Crippen molar-refractivity contribution in [2.24, 2.45) is 5.92 Å². The Hall–Kier alpha value is -0.830. The lowest BCUT2D eigenvalue weighted by Gasteiger charge is -2.22. The molecular formula is C10H14O3. The zero-order valence-corrected chi connectivity index (χ0v) is 7.96. The first kappa shape index (κ1) is 8.75. The van der Waals surface area contributed by atoms with Gasteiger partial charge in [0.15, 0.2) is 5.78 Å². The van der Waals surface area contributed by atoms with Gasteiger partial charge in [-0.05, 0) is 12.8 Å². The van der Waals surface area contributed by atoms with E-state index in [1.54, 1.807) is 6.92 Å². The van der Waals surface area contributed by atoms with Crippen LogP contribution in [0.15, 0.2) is 11.3 Å². The number of ketones is 1. The molecule has 0 aromatic carbocycles. The predicted molar refractivity (Wildman–Crippen MR) is 47.0 cm³/mol. The fourth-order valence-corrected chi connectivity index (χ4v) is 2.10. The Labute approximate surface area is 77.4 Å². The van der Waals surface area contributed by atoms with Gasteiger partial charge in [-0.25, -0.2) is 0 Å². The Bertz CT molecular complexity index is 289. The van der Waals surface area contributed by atoms with Crippen LogP contribution in [-0.2, 0) is 9.53 Å². The molecule has 0 fully saturated rings. The third-order valence-electron chi connectivity index (χ3n) is 2.69. The standard InChI is InChI=1S/C10H14O3/c1-6-3-7(11)9-8(4-6)13-5-10(9,2)12/h6,12H,3-5H2,1-2H3. The van der Waals surface area contributed by atoms with Gasteiger partial charge in [-0.1, -0.05) is 6.92 Å². The molecule has 13 heavy (non-hydrogen) atoms. The maximum Gasteiger partial charge on any atom is 0.165 e. The van der Waals surface area contributed by atoms with E-state index in [0.29, 0.717) is 23.7 Å². The highest BCUT2D eigenvalue weighted by Gasteiger charge is 2.43.